The third-order valence-electron chi connectivity index (χ3n) is 4.90. The van der Waals surface area contributed by atoms with Gasteiger partial charge in [0.15, 0.2) is 17.8 Å². The number of amides is 1. The summed E-state index contributed by atoms with van der Waals surface area (Å²) in [5.74, 6) is -1.53. The van der Waals surface area contributed by atoms with Crippen LogP contribution >= 0.6 is 23.2 Å². The average Bonchev–Trinajstić information content (AvgIpc) is 3.36. The van der Waals surface area contributed by atoms with Gasteiger partial charge in [0.2, 0.25) is 5.82 Å². The highest BCUT2D eigenvalue weighted by Crippen LogP contribution is 2.24. The largest absolute Gasteiger partial charge is 0.416 e. The molecule has 1 amide bonds. The van der Waals surface area contributed by atoms with Crippen molar-refractivity contribution in [2.24, 2.45) is 5.73 Å². The Bertz CT molecular complexity index is 1480. The van der Waals surface area contributed by atoms with Crippen LogP contribution in [-0.4, -0.2) is 57.4 Å². The summed E-state index contributed by atoms with van der Waals surface area (Å²) in [5, 5.41) is 18.3. The molecule has 0 aliphatic heterocycles. The predicted octanol–water partition coefficient (Wildman–Crippen LogP) is 2.06. The van der Waals surface area contributed by atoms with E-state index in [4.69, 9.17) is 28.9 Å². The van der Waals surface area contributed by atoms with Gasteiger partial charge < -0.3 is 10.8 Å². The van der Waals surface area contributed by atoms with Crippen LogP contribution in [-0.2, 0) is 13.1 Å². The van der Waals surface area contributed by atoms with E-state index >= 15 is 0 Å². The number of carbonyl (C=O) groups excluding carboxylic acids is 1. The van der Waals surface area contributed by atoms with Crippen molar-refractivity contribution in [2.75, 3.05) is 0 Å². The molecule has 0 aliphatic carbocycles. The zero-order valence-corrected chi connectivity index (χ0v) is 19.4. The molecule has 16 heteroatoms. The van der Waals surface area contributed by atoms with Crippen LogP contribution in [0, 0.1) is 0 Å². The van der Waals surface area contributed by atoms with Gasteiger partial charge in [-0.2, -0.15) is 13.2 Å². The number of halogens is 5. The minimum Gasteiger partial charge on any atom is -0.382 e. The van der Waals surface area contributed by atoms with Gasteiger partial charge in [-0.3, -0.25) is 14.3 Å². The quantitative estimate of drug-likeness (QED) is 0.363. The summed E-state index contributed by atoms with van der Waals surface area (Å²) in [7, 11) is 0. The number of nitrogens with two attached hydrogens (primary N) is 1. The molecule has 188 valence electrons. The minimum atomic E-state index is -4.97. The maximum absolute atomic E-state index is 13.0. The molecule has 0 saturated carbocycles. The third-order valence-corrected chi connectivity index (χ3v) is 5.44. The third kappa shape index (κ3) is 5.10. The summed E-state index contributed by atoms with van der Waals surface area (Å²) < 4.78 is 41.6. The normalized spacial score (nSPS) is 12.6. The summed E-state index contributed by atoms with van der Waals surface area (Å²) in [5.41, 5.74) is 4.91. The van der Waals surface area contributed by atoms with E-state index in [0.29, 0.717) is 9.59 Å². The second-order valence-corrected chi connectivity index (χ2v) is 8.24. The Kier molecular flexibility index (Phi) is 6.84. The Morgan fingerprint density at radius 1 is 1.14 bits per heavy atom. The number of alkyl halides is 3. The number of hydrogen-bond donors (Lipinski definition) is 2. The van der Waals surface area contributed by atoms with Crippen LogP contribution in [0.5, 0.6) is 0 Å². The van der Waals surface area contributed by atoms with Crippen LogP contribution < -0.4 is 11.4 Å². The molecule has 1 aromatic carbocycles. The van der Waals surface area contributed by atoms with Gasteiger partial charge in [-0.25, -0.2) is 19.1 Å². The van der Waals surface area contributed by atoms with Crippen molar-refractivity contribution >= 4 is 29.1 Å². The number of pyridine rings is 1. The van der Waals surface area contributed by atoms with Crippen molar-refractivity contribution in [3.63, 3.8) is 0 Å². The fourth-order valence-electron chi connectivity index (χ4n) is 3.22. The molecule has 4 rings (SSSR count). The highest BCUT2D eigenvalue weighted by atomic mass is 35.5. The summed E-state index contributed by atoms with van der Waals surface area (Å²) in [6.07, 6.45) is -5.10. The van der Waals surface area contributed by atoms with E-state index in [1.165, 1.54) is 42.7 Å². The molecular formula is C20H15Cl2F3N8O3. The molecule has 1 atom stereocenters. The van der Waals surface area contributed by atoms with Crippen molar-refractivity contribution in [2.45, 2.75) is 25.4 Å². The van der Waals surface area contributed by atoms with Gasteiger partial charge in [-0.05, 0) is 30.3 Å². The second-order valence-electron chi connectivity index (χ2n) is 7.39. The number of aliphatic hydroxyl groups excluding tert-OH is 1. The van der Waals surface area contributed by atoms with E-state index < -0.39 is 37.0 Å². The number of hydrogen-bond acceptors (Lipinski definition) is 7. The Morgan fingerprint density at radius 3 is 2.44 bits per heavy atom. The Morgan fingerprint density at radius 2 is 1.83 bits per heavy atom. The van der Waals surface area contributed by atoms with E-state index in [0.717, 1.165) is 9.36 Å². The first kappa shape index (κ1) is 25.3. The molecule has 11 nitrogen and oxygen atoms in total. The smallest absolute Gasteiger partial charge is 0.382 e. The molecule has 0 saturated heterocycles. The van der Waals surface area contributed by atoms with E-state index in [2.05, 4.69) is 20.2 Å². The molecule has 1 unspecified atom stereocenters. The Hall–Kier alpha value is -3.75. The van der Waals surface area contributed by atoms with Gasteiger partial charge in [0, 0.05) is 23.0 Å². The fourth-order valence-corrected chi connectivity index (χ4v) is 3.55. The van der Waals surface area contributed by atoms with E-state index in [1.807, 2.05) is 0 Å². The molecule has 0 bridgehead atoms. The molecule has 3 aromatic heterocycles. The lowest BCUT2D eigenvalue weighted by molar-refractivity contribution is -0.207. The lowest BCUT2D eigenvalue weighted by Gasteiger charge is -2.15. The van der Waals surface area contributed by atoms with E-state index in [9.17, 15) is 27.9 Å². The number of aliphatic hydroxyl groups is 1. The summed E-state index contributed by atoms with van der Waals surface area (Å²) >= 11 is 12.0. The Balaban J connectivity index is 1.78. The summed E-state index contributed by atoms with van der Waals surface area (Å²) in [4.78, 5) is 32.8. The van der Waals surface area contributed by atoms with Crippen molar-refractivity contribution in [1.82, 2.24) is 34.1 Å². The van der Waals surface area contributed by atoms with Gasteiger partial charge in [-0.15, -0.1) is 10.2 Å². The number of rotatable bonds is 7. The number of carbonyl (C=O) groups is 1. The molecule has 36 heavy (non-hydrogen) atoms. The highest BCUT2D eigenvalue weighted by Gasteiger charge is 2.39. The Labute approximate surface area is 209 Å². The highest BCUT2D eigenvalue weighted by molar-refractivity contribution is 6.32. The molecule has 3 heterocycles. The molecular weight excluding hydrogens is 528 g/mol. The van der Waals surface area contributed by atoms with E-state index in [1.54, 1.807) is 0 Å². The van der Waals surface area contributed by atoms with Crippen LogP contribution in [0.4, 0.5) is 13.2 Å². The first-order valence-electron chi connectivity index (χ1n) is 9.99. The standard InChI is InChI=1S/C20H15Cl2F3N8O3/c21-11-3-1-10(2-4-11)17-30-32(19(36)31(17)8-14(34)20(23,24)25)9-15-28-18(16(26)35)33(29-15)13-5-6-27-7-12(13)22/h1-7,14,34H,8-9H2,(H2,26,35). The first-order chi connectivity index (χ1) is 17.0. The maximum atomic E-state index is 13.0. The zero-order valence-electron chi connectivity index (χ0n) is 17.9. The minimum absolute atomic E-state index is 0.109. The summed E-state index contributed by atoms with van der Waals surface area (Å²) in [6, 6.07) is 7.28. The van der Waals surface area contributed by atoms with Crippen LogP contribution in [0.15, 0.2) is 47.5 Å². The van der Waals surface area contributed by atoms with Crippen LogP contribution in [0.2, 0.25) is 10.0 Å². The lowest BCUT2D eigenvalue weighted by Crippen LogP contribution is -2.37. The van der Waals surface area contributed by atoms with Gasteiger partial charge in [0.05, 0.1) is 17.3 Å². The summed E-state index contributed by atoms with van der Waals surface area (Å²) in [6.45, 7) is -1.55. The average molecular weight is 543 g/mol. The zero-order chi connectivity index (χ0) is 26.2. The van der Waals surface area contributed by atoms with E-state index in [-0.39, 0.29) is 33.7 Å². The molecule has 0 aliphatic rings. The molecule has 0 radical (unpaired) electrons. The van der Waals surface area contributed by atoms with Crippen molar-refractivity contribution in [3.05, 3.63) is 74.9 Å². The molecule has 4 aromatic rings. The number of aromatic nitrogens is 7. The molecule has 3 N–H and O–H groups in total. The van der Waals surface area contributed by atoms with Gasteiger partial charge in [0.1, 0.15) is 6.54 Å². The van der Waals surface area contributed by atoms with Crippen LogP contribution in [0.25, 0.3) is 17.1 Å². The van der Waals surface area contributed by atoms with Crippen LogP contribution in [0.3, 0.4) is 0 Å². The van der Waals surface area contributed by atoms with Gasteiger partial charge >= 0.3 is 11.9 Å². The monoisotopic (exact) mass is 542 g/mol. The van der Waals surface area contributed by atoms with Gasteiger partial charge in [-0.1, -0.05) is 23.2 Å². The maximum Gasteiger partial charge on any atom is 0.416 e. The number of nitrogens with zero attached hydrogens (tertiary/aromatic N) is 7. The second kappa shape index (κ2) is 9.72. The molecule has 0 fully saturated rings. The van der Waals surface area contributed by atoms with Crippen molar-refractivity contribution in [3.8, 4) is 17.1 Å². The number of benzene rings is 1. The SMILES string of the molecule is NC(=O)c1nc(Cn2nc(-c3ccc(Cl)cc3)n(CC(O)C(F)(F)F)c2=O)nn1-c1ccncc1Cl. The van der Waals surface area contributed by atoms with Gasteiger partial charge in [0.25, 0.3) is 5.91 Å². The fraction of sp³-hybridized carbons (Fsp3) is 0.200. The number of primary amides is 1. The van der Waals surface area contributed by atoms with Crippen LogP contribution in [0.1, 0.15) is 16.4 Å². The predicted molar refractivity (Wildman–Crippen MR) is 121 cm³/mol. The molecule has 0 spiro atoms. The topological polar surface area (TPSA) is 147 Å². The van der Waals surface area contributed by atoms with Crippen molar-refractivity contribution in [1.29, 1.82) is 0 Å². The first-order valence-corrected chi connectivity index (χ1v) is 10.7. The van der Waals surface area contributed by atoms with Crippen molar-refractivity contribution < 1.29 is 23.1 Å². The lowest BCUT2D eigenvalue weighted by atomic mass is 10.2.